The molecule has 0 radical (unpaired) electrons. The fraction of sp³-hybridized carbons (Fsp3) is 0.562. The molecule has 2 aliphatic rings. The monoisotopic (exact) mass is 258 g/mol. The number of carbonyl (C=O) groups is 1. The van der Waals surface area contributed by atoms with Crippen LogP contribution in [0.5, 0.6) is 0 Å². The highest BCUT2D eigenvalue weighted by Crippen LogP contribution is 2.43. The highest BCUT2D eigenvalue weighted by molar-refractivity contribution is 5.86. The molecule has 3 nitrogen and oxygen atoms in total. The first kappa shape index (κ1) is 12.7. The number of carbonyl (C=O) groups excluding carboxylic acids is 1. The molecular weight excluding hydrogens is 236 g/mol. The van der Waals surface area contributed by atoms with Crippen molar-refractivity contribution in [2.24, 2.45) is 5.92 Å². The Kier molecular flexibility index (Phi) is 3.31. The van der Waals surface area contributed by atoms with Crippen LogP contribution in [0.25, 0.3) is 0 Å². The summed E-state index contributed by atoms with van der Waals surface area (Å²) in [5, 5.41) is 3.43. The molecule has 19 heavy (non-hydrogen) atoms. The van der Waals surface area contributed by atoms with Crippen LogP contribution in [0.4, 0.5) is 0 Å². The molecule has 1 amide bonds. The van der Waals surface area contributed by atoms with Gasteiger partial charge in [0.05, 0.1) is 6.17 Å². The van der Waals surface area contributed by atoms with Gasteiger partial charge in [0.1, 0.15) is 6.04 Å². The van der Waals surface area contributed by atoms with Crippen molar-refractivity contribution in [2.75, 3.05) is 0 Å². The van der Waals surface area contributed by atoms with E-state index in [1.807, 2.05) is 30.3 Å². The van der Waals surface area contributed by atoms with Crippen molar-refractivity contribution in [3.63, 3.8) is 0 Å². The Labute approximate surface area is 115 Å². The van der Waals surface area contributed by atoms with E-state index in [0.29, 0.717) is 6.04 Å². The second-order valence-corrected chi connectivity index (χ2v) is 5.78. The van der Waals surface area contributed by atoms with Gasteiger partial charge in [0.15, 0.2) is 0 Å². The lowest BCUT2D eigenvalue weighted by molar-refractivity contribution is -0.130. The second-order valence-electron chi connectivity index (χ2n) is 5.78. The largest absolute Gasteiger partial charge is 0.322 e. The van der Waals surface area contributed by atoms with Crippen LogP contribution in [-0.4, -0.2) is 23.0 Å². The second kappa shape index (κ2) is 4.97. The Balaban J connectivity index is 1.73. The van der Waals surface area contributed by atoms with Crippen LogP contribution in [0.1, 0.15) is 44.7 Å². The third kappa shape index (κ3) is 2.27. The molecule has 1 heterocycles. The predicted molar refractivity (Wildman–Crippen MR) is 75.4 cm³/mol. The van der Waals surface area contributed by atoms with Crippen LogP contribution < -0.4 is 5.32 Å². The lowest BCUT2D eigenvalue weighted by Gasteiger charge is -2.21. The van der Waals surface area contributed by atoms with Crippen LogP contribution in [0.2, 0.25) is 0 Å². The molecule has 0 aromatic heterocycles. The van der Waals surface area contributed by atoms with Crippen LogP contribution >= 0.6 is 0 Å². The van der Waals surface area contributed by atoms with Crippen molar-refractivity contribution in [3.8, 4) is 0 Å². The van der Waals surface area contributed by atoms with Gasteiger partial charge in [-0.05, 0) is 31.2 Å². The zero-order valence-electron chi connectivity index (χ0n) is 11.7. The average molecular weight is 258 g/mol. The number of hydrogen-bond acceptors (Lipinski definition) is 2. The fourth-order valence-electron chi connectivity index (χ4n) is 3.32. The van der Waals surface area contributed by atoms with Crippen molar-refractivity contribution in [3.05, 3.63) is 35.9 Å². The Morgan fingerprint density at radius 2 is 2.05 bits per heavy atom. The summed E-state index contributed by atoms with van der Waals surface area (Å²) >= 11 is 0. The van der Waals surface area contributed by atoms with E-state index in [-0.39, 0.29) is 18.1 Å². The molecule has 0 bridgehead atoms. The van der Waals surface area contributed by atoms with Crippen LogP contribution in [0.3, 0.4) is 0 Å². The number of benzene rings is 1. The summed E-state index contributed by atoms with van der Waals surface area (Å²) < 4.78 is 0. The molecule has 0 spiro atoms. The Morgan fingerprint density at radius 1 is 1.32 bits per heavy atom. The summed E-state index contributed by atoms with van der Waals surface area (Å²) in [6.07, 6.45) is 3.81. The van der Waals surface area contributed by atoms with Crippen LogP contribution in [0, 0.1) is 5.92 Å². The molecule has 1 saturated heterocycles. The smallest absolute Gasteiger partial charge is 0.245 e. The molecule has 1 aliphatic carbocycles. The van der Waals surface area contributed by atoms with E-state index >= 15 is 0 Å². The molecular formula is C16H22N2O. The van der Waals surface area contributed by atoms with Gasteiger partial charge < -0.3 is 4.90 Å². The molecule has 3 rings (SSSR count). The van der Waals surface area contributed by atoms with Gasteiger partial charge in [0, 0.05) is 6.04 Å². The van der Waals surface area contributed by atoms with Gasteiger partial charge in [0.2, 0.25) is 5.91 Å². The predicted octanol–water partition coefficient (Wildman–Crippen LogP) is 2.69. The maximum absolute atomic E-state index is 12.6. The van der Waals surface area contributed by atoms with E-state index in [1.54, 1.807) is 0 Å². The molecule has 102 valence electrons. The van der Waals surface area contributed by atoms with Crippen molar-refractivity contribution in [2.45, 2.75) is 51.4 Å². The average Bonchev–Trinajstić information content (AvgIpc) is 3.09. The molecule has 1 N–H and O–H groups in total. The minimum atomic E-state index is -0.154. The lowest BCUT2D eigenvalue weighted by Crippen LogP contribution is -2.37. The van der Waals surface area contributed by atoms with Crippen molar-refractivity contribution in [1.29, 1.82) is 0 Å². The third-order valence-electron chi connectivity index (χ3n) is 4.36. The summed E-state index contributed by atoms with van der Waals surface area (Å²) in [5.41, 5.74) is 1.08. The Bertz CT molecular complexity index is 459. The normalized spacial score (nSPS) is 33.8. The molecule has 4 unspecified atom stereocenters. The van der Waals surface area contributed by atoms with Crippen molar-refractivity contribution < 1.29 is 4.79 Å². The molecule has 1 aliphatic heterocycles. The minimum Gasteiger partial charge on any atom is -0.322 e. The van der Waals surface area contributed by atoms with E-state index in [9.17, 15) is 4.79 Å². The minimum absolute atomic E-state index is 0.154. The van der Waals surface area contributed by atoms with Crippen LogP contribution in [0.15, 0.2) is 30.3 Å². The maximum Gasteiger partial charge on any atom is 0.245 e. The van der Waals surface area contributed by atoms with Gasteiger partial charge in [-0.25, -0.2) is 0 Å². The Hall–Kier alpha value is -1.35. The standard InChI is InChI=1S/C16H22N2O/c1-3-7-13-10-14(13)18-11(2)17-15(16(18)19)12-8-5-4-6-9-12/h4-6,8-9,11,13-15,17H,3,7,10H2,1-2H3. The van der Waals surface area contributed by atoms with Gasteiger partial charge in [0.25, 0.3) is 0 Å². The summed E-state index contributed by atoms with van der Waals surface area (Å²) in [5.74, 6) is 0.982. The third-order valence-corrected chi connectivity index (χ3v) is 4.36. The number of rotatable bonds is 4. The van der Waals surface area contributed by atoms with E-state index < -0.39 is 0 Å². The van der Waals surface area contributed by atoms with Gasteiger partial charge >= 0.3 is 0 Å². The number of amides is 1. The highest BCUT2D eigenvalue weighted by atomic mass is 16.2. The van der Waals surface area contributed by atoms with Crippen LogP contribution in [-0.2, 0) is 4.79 Å². The molecule has 2 fully saturated rings. The molecule has 1 aromatic carbocycles. The van der Waals surface area contributed by atoms with Crippen molar-refractivity contribution in [1.82, 2.24) is 10.2 Å². The van der Waals surface area contributed by atoms with Crippen molar-refractivity contribution >= 4 is 5.91 Å². The fourth-order valence-corrected chi connectivity index (χ4v) is 3.32. The van der Waals surface area contributed by atoms with Gasteiger partial charge in [-0.1, -0.05) is 43.7 Å². The maximum atomic E-state index is 12.6. The number of hydrogen-bond donors (Lipinski definition) is 1. The molecule has 3 heteroatoms. The highest BCUT2D eigenvalue weighted by Gasteiger charge is 2.49. The number of nitrogens with one attached hydrogen (secondary N) is 1. The summed E-state index contributed by atoms with van der Waals surface area (Å²) in [6, 6.07) is 10.4. The van der Waals surface area contributed by atoms with Gasteiger partial charge in [-0.2, -0.15) is 0 Å². The molecule has 1 aromatic rings. The van der Waals surface area contributed by atoms with E-state index in [0.717, 1.165) is 11.5 Å². The van der Waals surface area contributed by atoms with E-state index in [1.165, 1.54) is 19.3 Å². The quantitative estimate of drug-likeness (QED) is 0.900. The van der Waals surface area contributed by atoms with E-state index in [2.05, 4.69) is 24.1 Å². The number of nitrogens with zero attached hydrogens (tertiary/aromatic N) is 1. The first-order chi connectivity index (χ1) is 9.22. The zero-order valence-corrected chi connectivity index (χ0v) is 11.7. The molecule has 1 saturated carbocycles. The summed E-state index contributed by atoms with van der Waals surface area (Å²) in [4.78, 5) is 14.7. The topological polar surface area (TPSA) is 32.3 Å². The summed E-state index contributed by atoms with van der Waals surface area (Å²) in [7, 11) is 0. The molecule has 4 atom stereocenters. The SMILES string of the molecule is CCCC1CC1N1C(=O)C(c2ccccc2)NC1C. The lowest BCUT2D eigenvalue weighted by atomic mass is 10.1. The van der Waals surface area contributed by atoms with Gasteiger partial charge in [-0.3, -0.25) is 10.1 Å². The first-order valence-corrected chi connectivity index (χ1v) is 7.35. The Morgan fingerprint density at radius 3 is 2.74 bits per heavy atom. The van der Waals surface area contributed by atoms with E-state index in [4.69, 9.17) is 0 Å². The summed E-state index contributed by atoms with van der Waals surface area (Å²) in [6.45, 7) is 4.32. The zero-order chi connectivity index (χ0) is 13.4. The first-order valence-electron chi connectivity index (χ1n) is 7.35. The van der Waals surface area contributed by atoms with Gasteiger partial charge in [-0.15, -0.1) is 0 Å².